The van der Waals surface area contributed by atoms with E-state index in [1.54, 1.807) is 18.3 Å². The number of fused-ring (bicyclic) bond motifs is 6. The summed E-state index contributed by atoms with van der Waals surface area (Å²) in [6, 6.07) is 5.53. The Morgan fingerprint density at radius 1 is 0.928 bits per heavy atom. The third-order valence-electron chi connectivity index (χ3n) is 15.7. The Morgan fingerprint density at radius 3 is 2.43 bits per heavy atom. The first-order valence-corrected chi connectivity index (χ1v) is 25.2. The van der Waals surface area contributed by atoms with Crippen molar-refractivity contribution in [1.29, 1.82) is 0 Å². The molecular weight excluding hydrogens is 910 g/mol. The normalized spacial score (nSPS) is 33.3. The number of nitrogens with two attached hydrogens (primary N) is 1. The summed E-state index contributed by atoms with van der Waals surface area (Å²) in [4.78, 5) is 56.6. The molecule has 3 saturated carbocycles. The van der Waals surface area contributed by atoms with E-state index in [1.807, 2.05) is 6.07 Å². The summed E-state index contributed by atoms with van der Waals surface area (Å²) in [5.74, 6) is 2.97. The zero-order valence-electron chi connectivity index (χ0n) is 39.5. The van der Waals surface area contributed by atoms with Crippen molar-refractivity contribution in [3.63, 3.8) is 0 Å². The lowest BCUT2D eigenvalue weighted by Crippen LogP contribution is -2.64. The van der Waals surface area contributed by atoms with Gasteiger partial charge in [0.05, 0.1) is 51.0 Å². The smallest absolute Gasteiger partial charge is 0.411 e. The van der Waals surface area contributed by atoms with E-state index < -0.39 is 36.2 Å². The number of carbonyl (C=O) groups is 3. The summed E-state index contributed by atoms with van der Waals surface area (Å²) in [5.41, 5.74) is 7.06. The number of methoxy groups -OCH3 is 2. The molecule has 3 aromatic rings. The molecule has 4 bridgehead atoms. The summed E-state index contributed by atoms with van der Waals surface area (Å²) in [5, 5.41) is 35.0. The second-order valence-corrected chi connectivity index (χ2v) is 20.8. The predicted octanol–water partition coefficient (Wildman–Crippen LogP) is 6.08. The van der Waals surface area contributed by atoms with E-state index in [0.29, 0.717) is 71.5 Å². The number of imidazole rings is 1. The Bertz CT molecular complexity index is 2280. The lowest BCUT2D eigenvalue weighted by Gasteiger charge is -2.43. The van der Waals surface area contributed by atoms with Gasteiger partial charge in [-0.2, -0.15) is 4.98 Å². The Labute approximate surface area is 407 Å². The number of aliphatic hydroxyl groups excluding tert-OH is 2. The van der Waals surface area contributed by atoms with E-state index >= 15 is 0 Å². The molecule has 5 heterocycles. The second-order valence-electron chi connectivity index (χ2n) is 20.4. The van der Waals surface area contributed by atoms with E-state index in [4.69, 9.17) is 46.0 Å². The standard InChI is InChI=1S/C49H68ClN9O10/c1-65-40-21-38(50)57-47(58-40)59-41-42(61)43(62)49(25-68-46(41)69-49)24-67-33-12-7-29(18-33)16-27-3-4-28(15-27)17-30-8-14-35(56-45(63)31-9-5-26(22-51)6-10-31)44-52-23-37(55-44)34-13-11-32(53-48(64)66-2)20-36(34)54-39(60)19-30/h11,13,20-21,23,26-31,33,35,41-43,46,61-62H,3-10,12,14-19,22,24-25,51H2,1-2H3,(H,52,55)(H,53,64)(H,54,60)(H,56,63)(H,57,58,59)/t26-,27?,28?,29?,30?,31-,33?,35-,41+,42+,43+,46-,49-/m0/s1. The lowest BCUT2D eigenvalue weighted by atomic mass is 9.81. The van der Waals surface area contributed by atoms with Crippen molar-refractivity contribution < 1.29 is 48.3 Å². The SMILES string of the molecule is COC(=O)Nc1ccc2c(c1)NC(=O)CC(CC1CCC(CC3CCC(OC[C@@]45CO[C@@H](O4)[C@H](Nc4nc(Cl)cc(OC)n4)[C@@H](O)[C@H]5O)C3)C1)CC[C@H](NC(=O)[C@H]1CC[C@H](CN)CC1)c1nc-2c[nH]1. The highest BCUT2D eigenvalue weighted by atomic mass is 35.5. The van der Waals surface area contributed by atoms with Crippen LogP contribution in [0.2, 0.25) is 5.15 Å². The average Bonchev–Trinajstić information content (AvgIpc) is 4.18. The molecular formula is C49H68ClN9O10. The first kappa shape index (κ1) is 49.4. The molecule has 2 aromatic heterocycles. The number of H-pyrrole nitrogens is 1. The summed E-state index contributed by atoms with van der Waals surface area (Å²) >= 11 is 6.12. The number of nitrogens with zero attached hydrogens (tertiary/aromatic N) is 3. The summed E-state index contributed by atoms with van der Waals surface area (Å²) in [6.07, 6.45) is 11.2. The molecule has 376 valence electrons. The number of halogens is 1. The van der Waals surface area contributed by atoms with Gasteiger partial charge < -0.3 is 60.6 Å². The van der Waals surface area contributed by atoms with E-state index in [0.717, 1.165) is 83.5 Å². The van der Waals surface area contributed by atoms with Crippen LogP contribution in [0.25, 0.3) is 11.3 Å². The average molecular weight is 979 g/mol. The van der Waals surface area contributed by atoms with Crippen LogP contribution in [0.5, 0.6) is 5.88 Å². The number of rotatable bonds is 14. The van der Waals surface area contributed by atoms with Crippen LogP contribution >= 0.6 is 11.6 Å². The summed E-state index contributed by atoms with van der Waals surface area (Å²) in [7, 11) is 2.76. The van der Waals surface area contributed by atoms with Crippen LogP contribution in [0.1, 0.15) is 108 Å². The van der Waals surface area contributed by atoms with Crippen molar-refractivity contribution in [1.82, 2.24) is 25.3 Å². The van der Waals surface area contributed by atoms with Gasteiger partial charge >= 0.3 is 6.09 Å². The topological polar surface area (TPSA) is 266 Å². The number of anilines is 3. The van der Waals surface area contributed by atoms with Crippen LogP contribution in [0.4, 0.5) is 22.1 Å². The summed E-state index contributed by atoms with van der Waals surface area (Å²) in [6.45, 7) is 0.802. The first-order chi connectivity index (χ1) is 33.4. The zero-order valence-corrected chi connectivity index (χ0v) is 40.3. The van der Waals surface area contributed by atoms with Gasteiger partial charge in [-0.3, -0.25) is 14.9 Å². The van der Waals surface area contributed by atoms with Gasteiger partial charge in [0, 0.05) is 35.9 Å². The number of benzene rings is 1. The highest BCUT2D eigenvalue weighted by molar-refractivity contribution is 6.29. The second kappa shape index (κ2) is 21.8. The molecule has 1 aromatic carbocycles. The van der Waals surface area contributed by atoms with Crippen molar-refractivity contribution in [2.24, 2.45) is 41.2 Å². The van der Waals surface area contributed by atoms with Gasteiger partial charge in [0.15, 0.2) is 6.29 Å². The number of aromatic amines is 1. The molecule has 19 nitrogen and oxygen atoms in total. The van der Waals surface area contributed by atoms with Crippen molar-refractivity contribution in [2.75, 3.05) is 49.9 Å². The minimum atomic E-state index is -1.29. The highest BCUT2D eigenvalue weighted by Gasteiger charge is 2.60. The predicted molar refractivity (Wildman–Crippen MR) is 255 cm³/mol. The molecule has 5 fully saturated rings. The van der Waals surface area contributed by atoms with E-state index in [2.05, 4.69) is 36.2 Å². The van der Waals surface area contributed by atoms with Crippen molar-refractivity contribution in [3.05, 3.63) is 41.4 Å². The molecule has 3 amide bonds. The van der Waals surface area contributed by atoms with Crippen molar-refractivity contribution in [3.8, 4) is 17.1 Å². The maximum Gasteiger partial charge on any atom is 0.411 e. The number of carbonyl (C=O) groups excluding carboxylic acids is 3. The molecule has 11 atom stereocenters. The number of aromatic nitrogens is 4. The van der Waals surface area contributed by atoms with Gasteiger partial charge in [-0.25, -0.2) is 14.8 Å². The third kappa shape index (κ3) is 11.6. The van der Waals surface area contributed by atoms with Crippen LogP contribution < -0.4 is 31.7 Å². The minimum absolute atomic E-state index is 0.00332. The fourth-order valence-corrected chi connectivity index (χ4v) is 12.1. The van der Waals surface area contributed by atoms with Crippen molar-refractivity contribution >= 4 is 46.8 Å². The molecule has 0 spiro atoms. The molecule has 6 aliphatic rings. The van der Waals surface area contributed by atoms with Gasteiger partial charge in [-0.1, -0.05) is 24.4 Å². The Balaban J connectivity index is 0.802. The van der Waals surface area contributed by atoms with Crippen LogP contribution in [-0.2, 0) is 28.5 Å². The number of nitrogens with one attached hydrogen (secondary N) is 5. The fourth-order valence-electron chi connectivity index (χ4n) is 11.9. The molecule has 3 aliphatic heterocycles. The van der Waals surface area contributed by atoms with Gasteiger partial charge in [-0.05, 0) is 131 Å². The maximum absolute atomic E-state index is 14.0. The zero-order chi connectivity index (χ0) is 48.2. The molecule has 20 heteroatoms. The van der Waals surface area contributed by atoms with Gasteiger partial charge in [0.2, 0.25) is 23.6 Å². The fraction of sp³-hybridized carbons (Fsp3) is 0.673. The number of hydrogen-bond acceptors (Lipinski definition) is 15. The van der Waals surface area contributed by atoms with Crippen LogP contribution in [-0.4, -0.2) is 118 Å². The van der Waals surface area contributed by atoms with E-state index in [9.17, 15) is 24.6 Å². The molecule has 9 rings (SSSR count). The minimum Gasteiger partial charge on any atom is -0.481 e. The van der Waals surface area contributed by atoms with Gasteiger partial charge in [-0.15, -0.1) is 0 Å². The number of amides is 3. The monoisotopic (exact) mass is 977 g/mol. The number of hydrogen-bond donors (Lipinski definition) is 8. The van der Waals surface area contributed by atoms with E-state index in [-0.39, 0.29) is 66.0 Å². The Morgan fingerprint density at radius 2 is 1.67 bits per heavy atom. The number of ether oxygens (including phenoxy) is 5. The molecule has 2 saturated heterocycles. The molecule has 9 N–H and O–H groups in total. The quantitative estimate of drug-likeness (QED) is 0.0852. The van der Waals surface area contributed by atoms with Gasteiger partial charge in [0.1, 0.15) is 34.8 Å². The molecule has 69 heavy (non-hydrogen) atoms. The van der Waals surface area contributed by atoms with Crippen molar-refractivity contribution in [2.45, 2.75) is 139 Å². The summed E-state index contributed by atoms with van der Waals surface area (Å²) < 4.78 is 28.6. The third-order valence-corrected chi connectivity index (χ3v) is 15.9. The first-order valence-electron chi connectivity index (χ1n) is 24.8. The van der Waals surface area contributed by atoms with E-state index in [1.165, 1.54) is 20.3 Å². The Hall–Kier alpha value is -4.63. The highest BCUT2D eigenvalue weighted by Crippen LogP contribution is 2.45. The lowest BCUT2D eigenvalue weighted by molar-refractivity contribution is -0.233. The van der Waals surface area contributed by atoms with Crippen LogP contribution in [0.15, 0.2) is 30.5 Å². The Kier molecular flexibility index (Phi) is 15.6. The van der Waals surface area contributed by atoms with Gasteiger partial charge in [0.25, 0.3) is 0 Å². The largest absolute Gasteiger partial charge is 0.481 e. The number of aliphatic hydroxyl groups is 2. The molecule has 3 aliphatic carbocycles. The van der Waals surface area contributed by atoms with Crippen LogP contribution in [0, 0.1) is 35.5 Å². The maximum atomic E-state index is 14.0. The van der Waals surface area contributed by atoms with Crippen LogP contribution in [0.3, 0.4) is 0 Å². The molecule has 0 radical (unpaired) electrons. The molecule has 5 unspecified atom stereocenters.